The van der Waals surface area contributed by atoms with Crippen molar-refractivity contribution in [3.8, 4) is 0 Å². The summed E-state index contributed by atoms with van der Waals surface area (Å²) in [5, 5.41) is 8.62. The molecule has 0 heterocycles. The first-order valence-electron chi connectivity index (χ1n) is 4.73. The normalized spacial score (nSPS) is 12.1. The number of carboxylic acid groups (broad SMARTS) is 1. The van der Waals surface area contributed by atoms with Crippen LogP contribution in [0.3, 0.4) is 0 Å². The maximum absolute atomic E-state index is 12.1. The number of carboxylic acids is 1. The van der Waals surface area contributed by atoms with E-state index in [2.05, 4.69) is 0 Å². The van der Waals surface area contributed by atoms with E-state index in [4.69, 9.17) is 5.11 Å². The largest absolute Gasteiger partial charge is 0.480 e. The first kappa shape index (κ1) is 12.3. The molecule has 16 heavy (non-hydrogen) atoms. The second kappa shape index (κ2) is 5.37. The Hall–Kier alpha value is -1.75. The Morgan fingerprint density at radius 3 is 2.31 bits per heavy atom. The summed E-state index contributed by atoms with van der Waals surface area (Å²) in [5.41, 5.74) is 2.42. The van der Waals surface area contributed by atoms with E-state index >= 15 is 0 Å². The summed E-state index contributed by atoms with van der Waals surface area (Å²) in [4.78, 5) is 21.5. The first-order chi connectivity index (χ1) is 7.54. The summed E-state index contributed by atoms with van der Waals surface area (Å²) >= 11 is 0. The van der Waals surface area contributed by atoms with Gasteiger partial charge in [0, 0.05) is 12.0 Å². The van der Waals surface area contributed by atoms with Gasteiger partial charge in [0.2, 0.25) is 0 Å². The van der Waals surface area contributed by atoms with Gasteiger partial charge in [-0.1, -0.05) is 24.3 Å². The Morgan fingerprint density at radius 1 is 1.38 bits per heavy atom. The number of hydrogen-bond donors (Lipinski definition) is 2. The molecule has 0 amide bonds. The molecule has 0 aromatic heterocycles. The highest BCUT2D eigenvalue weighted by Crippen LogP contribution is 2.08. The molecule has 0 aliphatic heterocycles. The Labute approximate surface area is 92.0 Å². The first-order valence-corrected chi connectivity index (χ1v) is 4.73. The maximum Gasteiger partial charge on any atom is 0.323 e. The summed E-state index contributed by atoms with van der Waals surface area (Å²) in [6.07, 6.45) is 0.0318. The molecule has 1 aromatic carbocycles. The van der Waals surface area contributed by atoms with Crippen molar-refractivity contribution >= 4 is 11.8 Å². The van der Waals surface area contributed by atoms with Crippen LogP contribution in [0.4, 0.5) is 4.48 Å². The van der Waals surface area contributed by atoms with Crippen LogP contribution in [0.15, 0.2) is 24.3 Å². The summed E-state index contributed by atoms with van der Waals surface area (Å²) in [6, 6.07) is 5.15. The van der Waals surface area contributed by atoms with E-state index in [0.717, 1.165) is 0 Å². The Morgan fingerprint density at radius 2 is 1.94 bits per heavy atom. The van der Waals surface area contributed by atoms with E-state index in [1.54, 1.807) is 24.3 Å². The number of carbonyl (C=O) groups excluding carboxylic acids is 1. The van der Waals surface area contributed by atoms with Crippen molar-refractivity contribution in [2.24, 2.45) is 0 Å². The van der Waals surface area contributed by atoms with E-state index in [1.165, 1.54) is 12.5 Å². The number of rotatable bonds is 5. The minimum absolute atomic E-state index is 0.0318. The molecule has 0 spiro atoms. The zero-order valence-corrected chi connectivity index (χ0v) is 8.74. The van der Waals surface area contributed by atoms with Crippen molar-refractivity contribution in [2.75, 3.05) is 0 Å². The third kappa shape index (κ3) is 3.13. The second-order valence-electron chi connectivity index (χ2n) is 3.46. The molecule has 0 aliphatic rings. The lowest BCUT2D eigenvalue weighted by Crippen LogP contribution is -2.33. The van der Waals surface area contributed by atoms with Crippen LogP contribution in [-0.4, -0.2) is 22.9 Å². The quantitative estimate of drug-likeness (QED) is 0.586. The van der Waals surface area contributed by atoms with Gasteiger partial charge in [-0.25, -0.2) is 0 Å². The van der Waals surface area contributed by atoms with Crippen LogP contribution >= 0.6 is 0 Å². The molecule has 0 saturated carbocycles. The lowest BCUT2D eigenvalue weighted by Gasteiger charge is -2.08. The average molecular weight is 225 g/mol. The number of nitrogens with one attached hydrogen (secondary N) is 1. The predicted octanol–water partition coefficient (Wildman–Crippen LogP) is 1.36. The van der Waals surface area contributed by atoms with Crippen molar-refractivity contribution in [3.63, 3.8) is 0 Å². The van der Waals surface area contributed by atoms with Crippen LogP contribution in [0, 0.1) is 0 Å². The van der Waals surface area contributed by atoms with Crippen molar-refractivity contribution < 1.29 is 19.2 Å². The number of benzene rings is 1. The standard InChI is InChI=1S/C11H12FNO3/c1-7(14)9-4-2-8(3-5-9)6-10(13-12)11(15)16/h2-5,10,13H,6H2,1H3,(H,15,16)/t10-/m0/s1. The highest BCUT2D eigenvalue weighted by molar-refractivity contribution is 5.94. The highest BCUT2D eigenvalue weighted by atomic mass is 19.2. The van der Waals surface area contributed by atoms with Gasteiger partial charge in [-0.05, 0) is 12.5 Å². The molecule has 4 nitrogen and oxygen atoms in total. The summed E-state index contributed by atoms with van der Waals surface area (Å²) in [5.74, 6) is -1.32. The Bertz CT molecular complexity index is 389. The van der Waals surface area contributed by atoms with Gasteiger partial charge in [0.15, 0.2) is 5.78 Å². The fraction of sp³-hybridized carbons (Fsp3) is 0.273. The average Bonchev–Trinajstić information content (AvgIpc) is 2.26. The van der Waals surface area contributed by atoms with Gasteiger partial charge in [-0.3, -0.25) is 9.59 Å². The molecule has 1 rings (SSSR count). The van der Waals surface area contributed by atoms with Gasteiger partial charge in [-0.15, -0.1) is 10.0 Å². The summed E-state index contributed by atoms with van der Waals surface area (Å²) < 4.78 is 12.1. The van der Waals surface area contributed by atoms with Gasteiger partial charge < -0.3 is 5.11 Å². The SMILES string of the molecule is CC(=O)c1ccc(C[C@H](NF)C(=O)O)cc1. The molecule has 0 fully saturated rings. The van der Waals surface area contributed by atoms with Crippen LogP contribution in [-0.2, 0) is 11.2 Å². The van der Waals surface area contributed by atoms with Crippen LogP contribution in [0.1, 0.15) is 22.8 Å². The minimum Gasteiger partial charge on any atom is -0.480 e. The van der Waals surface area contributed by atoms with E-state index < -0.39 is 12.0 Å². The number of carbonyl (C=O) groups is 2. The highest BCUT2D eigenvalue weighted by Gasteiger charge is 2.17. The van der Waals surface area contributed by atoms with Crippen LogP contribution < -0.4 is 5.54 Å². The van der Waals surface area contributed by atoms with E-state index in [-0.39, 0.29) is 12.2 Å². The molecule has 1 atom stereocenters. The molecule has 0 radical (unpaired) electrons. The lowest BCUT2D eigenvalue weighted by atomic mass is 10.0. The van der Waals surface area contributed by atoms with Crippen molar-refractivity contribution in [2.45, 2.75) is 19.4 Å². The lowest BCUT2D eigenvalue weighted by molar-refractivity contribution is -0.140. The number of ketones is 1. The molecular formula is C11H12FNO3. The van der Waals surface area contributed by atoms with Gasteiger partial charge in [0.1, 0.15) is 6.04 Å². The molecule has 2 N–H and O–H groups in total. The maximum atomic E-state index is 12.1. The molecule has 1 aromatic rings. The molecular weight excluding hydrogens is 213 g/mol. The molecule has 86 valence electrons. The van der Waals surface area contributed by atoms with Crippen LogP contribution in [0.5, 0.6) is 0 Å². The molecule has 0 unspecified atom stereocenters. The number of hydrogen-bond acceptors (Lipinski definition) is 3. The van der Waals surface area contributed by atoms with Crippen LogP contribution in [0.2, 0.25) is 0 Å². The summed E-state index contributed by atoms with van der Waals surface area (Å²) in [6.45, 7) is 1.44. The van der Waals surface area contributed by atoms with Crippen molar-refractivity contribution in [3.05, 3.63) is 35.4 Å². The van der Waals surface area contributed by atoms with Crippen LogP contribution in [0.25, 0.3) is 0 Å². The van der Waals surface area contributed by atoms with Gasteiger partial charge in [0.05, 0.1) is 0 Å². The van der Waals surface area contributed by atoms with Crippen molar-refractivity contribution in [1.29, 1.82) is 0 Å². The topological polar surface area (TPSA) is 66.4 Å². The fourth-order valence-electron chi connectivity index (χ4n) is 1.28. The van der Waals surface area contributed by atoms with Crippen molar-refractivity contribution in [1.82, 2.24) is 5.54 Å². The predicted molar refractivity (Wildman–Crippen MR) is 55.8 cm³/mol. The third-order valence-electron chi connectivity index (χ3n) is 2.23. The van der Waals surface area contributed by atoms with E-state index in [1.807, 2.05) is 0 Å². The number of Topliss-reactive ketones (excluding diaryl/α,β-unsaturated/α-hetero) is 1. The van der Waals surface area contributed by atoms with E-state index in [9.17, 15) is 14.1 Å². The molecule has 0 saturated heterocycles. The number of aliphatic carboxylic acids is 1. The Kier molecular flexibility index (Phi) is 4.13. The smallest absolute Gasteiger partial charge is 0.323 e. The Balaban J connectivity index is 2.75. The molecule has 0 bridgehead atoms. The molecule has 5 heteroatoms. The summed E-state index contributed by atoms with van der Waals surface area (Å²) in [7, 11) is 0. The zero-order chi connectivity index (χ0) is 12.1. The monoisotopic (exact) mass is 225 g/mol. The third-order valence-corrected chi connectivity index (χ3v) is 2.23. The number of halogens is 1. The fourth-order valence-corrected chi connectivity index (χ4v) is 1.28. The van der Waals surface area contributed by atoms with Gasteiger partial charge in [-0.2, -0.15) is 0 Å². The second-order valence-corrected chi connectivity index (χ2v) is 3.46. The minimum atomic E-state index is -1.26. The zero-order valence-electron chi connectivity index (χ0n) is 8.74. The van der Waals surface area contributed by atoms with Gasteiger partial charge >= 0.3 is 5.97 Å². The molecule has 0 aliphatic carbocycles. The van der Waals surface area contributed by atoms with Gasteiger partial charge in [0.25, 0.3) is 0 Å². The van der Waals surface area contributed by atoms with E-state index in [0.29, 0.717) is 11.1 Å².